The Kier molecular flexibility index (Phi) is 3.72. The molecule has 0 aromatic rings. The number of nitrogens with zero attached hydrogens (tertiary/aromatic N) is 1. The topological polar surface area (TPSA) is 57.6 Å². The molecule has 1 rings (SSSR count). The quantitative estimate of drug-likeness (QED) is 0.770. The van der Waals surface area contributed by atoms with Gasteiger partial charge in [-0.3, -0.25) is 9.59 Å². The third kappa shape index (κ3) is 2.49. The predicted molar refractivity (Wildman–Crippen MR) is 56.4 cm³/mol. The second-order valence-corrected chi connectivity index (χ2v) is 4.53. The summed E-state index contributed by atoms with van der Waals surface area (Å²) in [5, 5.41) is 8.98. The Labute approximate surface area is 90.3 Å². The largest absolute Gasteiger partial charge is 0.481 e. The molecule has 2 unspecified atom stereocenters. The summed E-state index contributed by atoms with van der Waals surface area (Å²) < 4.78 is 0. The molecule has 1 fully saturated rings. The molecule has 1 aliphatic rings. The highest BCUT2D eigenvalue weighted by atomic mass is 16.4. The van der Waals surface area contributed by atoms with E-state index in [9.17, 15) is 9.59 Å². The maximum Gasteiger partial charge on any atom is 0.307 e. The van der Waals surface area contributed by atoms with Crippen LogP contribution in [0.25, 0.3) is 0 Å². The highest BCUT2D eigenvalue weighted by Gasteiger charge is 2.39. The number of hydrogen-bond acceptors (Lipinski definition) is 2. The van der Waals surface area contributed by atoms with Crippen molar-refractivity contribution >= 4 is 11.9 Å². The van der Waals surface area contributed by atoms with Crippen molar-refractivity contribution in [1.82, 2.24) is 4.90 Å². The van der Waals surface area contributed by atoms with Gasteiger partial charge in [-0.1, -0.05) is 6.42 Å². The van der Waals surface area contributed by atoms with Gasteiger partial charge in [0.1, 0.15) is 0 Å². The van der Waals surface area contributed by atoms with E-state index in [1.165, 1.54) is 0 Å². The smallest absolute Gasteiger partial charge is 0.307 e. The van der Waals surface area contributed by atoms with Crippen LogP contribution in [0.4, 0.5) is 0 Å². The first-order chi connectivity index (χ1) is 6.95. The third-order valence-corrected chi connectivity index (χ3v) is 3.27. The van der Waals surface area contributed by atoms with Crippen LogP contribution in [0.15, 0.2) is 0 Å². The molecule has 0 bridgehead atoms. The molecule has 1 saturated carbocycles. The fraction of sp³-hybridized carbons (Fsp3) is 0.818. The molecule has 0 radical (unpaired) electrons. The van der Waals surface area contributed by atoms with Crippen molar-refractivity contribution in [2.75, 3.05) is 7.05 Å². The van der Waals surface area contributed by atoms with Crippen LogP contribution in [0, 0.1) is 11.8 Å². The summed E-state index contributed by atoms with van der Waals surface area (Å²) in [6.07, 6.45) is 2.20. The maximum atomic E-state index is 12.0. The number of rotatable bonds is 3. The average molecular weight is 213 g/mol. The molecule has 1 N–H and O–H groups in total. The minimum atomic E-state index is -0.831. The Morgan fingerprint density at radius 2 is 1.80 bits per heavy atom. The number of carbonyl (C=O) groups is 2. The first-order valence-corrected chi connectivity index (χ1v) is 5.44. The summed E-state index contributed by atoms with van der Waals surface area (Å²) in [5.74, 6) is -1.63. The Hall–Kier alpha value is -1.06. The summed E-state index contributed by atoms with van der Waals surface area (Å²) >= 11 is 0. The first-order valence-electron chi connectivity index (χ1n) is 5.44. The molecule has 1 amide bonds. The third-order valence-electron chi connectivity index (χ3n) is 3.27. The van der Waals surface area contributed by atoms with Crippen LogP contribution in [0.3, 0.4) is 0 Å². The maximum absolute atomic E-state index is 12.0. The van der Waals surface area contributed by atoms with E-state index in [0.717, 1.165) is 6.42 Å². The van der Waals surface area contributed by atoms with E-state index in [1.54, 1.807) is 11.9 Å². The molecular formula is C11H19NO3. The Balaban J connectivity index is 2.70. The fourth-order valence-corrected chi connectivity index (χ4v) is 2.07. The molecule has 0 heterocycles. The SMILES string of the molecule is CC(C)N(C)C(=O)C1CCCC1C(=O)O. The van der Waals surface area contributed by atoms with Crippen molar-refractivity contribution in [3.63, 3.8) is 0 Å². The molecule has 1 aliphatic carbocycles. The average Bonchev–Trinajstić information content (AvgIpc) is 2.63. The van der Waals surface area contributed by atoms with Gasteiger partial charge < -0.3 is 10.0 Å². The lowest BCUT2D eigenvalue weighted by Gasteiger charge is -2.26. The first kappa shape index (κ1) is 12.0. The molecule has 15 heavy (non-hydrogen) atoms. The summed E-state index contributed by atoms with van der Waals surface area (Å²) in [7, 11) is 1.74. The lowest BCUT2D eigenvalue weighted by Crippen LogP contribution is -2.40. The van der Waals surface area contributed by atoms with Crippen LogP contribution >= 0.6 is 0 Å². The zero-order valence-corrected chi connectivity index (χ0v) is 9.56. The Morgan fingerprint density at radius 1 is 1.27 bits per heavy atom. The molecular weight excluding hydrogens is 194 g/mol. The fourth-order valence-electron chi connectivity index (χ4n) is 2.07. The highest BCUT2D eigenvalue weighted by molar-refractivity contribution is 5.85. The monoisotopic (exact) mass is 213 g/mol. The van der Waals surface area contributed by atoms with Crippen LogP contribution in [-0.2, 0) is 9.59 Å². The van der Waals surface area contributed by atoms with E-state index >= 15 is 0 Å². The number of hydrogen-bond donors (Lipinski definition) is 1. The number of carboxylic acid groups (broad SMARTS) is 1. The highest BCUT2D eigenvalue weighted by Crippen LogP contribution is 2.33. The van der Waals surface area contributed by atoms with Gasteiger partial charge in [0.05, 0.1) is 11.8 Å². The van der Waals surface area contributed by atoms with Crippen molar-refractivity contribution in [3.8, 4) is 0 Å². The summed E-state index contributed by atoms with van der Waals surface area (Å²) in [6.45, 7) is 3.87. The van der Waals surface area contributed by atoms with Crippen LogP contribution in [0.5, 0.6) is 0 Å². The van der Waals surface area contributed by atoms with Crippen molar-refractivity contribution in [2.24, 2.45) is 11.8 Å². The van der Waals surface area contributed by atoms with Gasteiger partial charge in [0.2, 0.25) is 5.91 Å². The van der Waals surface area contributed by atoms with E-state index in [4.69, 9.17) is 5.11 Å². The van der Waals surface area contributed by atoms with Crippen molar-refractivity contribution < 1.29 is 14.7 Å². The van der Waals surface area contributed by atoms with Crippen LogP contribution in [-0.4, -0.2) is 35.0 Å². The number of carbonyl (C=O) groups excluding carboxylic acids is 1. The second-order valence-electron chi connectivity index (χ2n) is 4.53. The predicted octanol–water partition coefficient (Wildman–Crippen LogP) is 1.35. The van der Waals surface area contributed by atoms with Gasteiger partial charge >= 0.3 is 5.97 Å². The van der Waals surface area contributed by atoms with Crippen LogP contribution in [0.2, 0.25) is 0 Å². The van der Waals surface area contributed by atoms with Gasteiger partial charge in [-0.15, -0.1) is 0 Å². The van der Waals surface area contributed by atoms with Gasteiger partial charge in [0.25, 0.3) is 0 Å². The summed E-state index contributed by atoms with van der Waals surface area (Å²) in [5.41, 5.74) is 0. The number of amides is 1. The molecule has 0 aliphatic heterocycles. The Bertz CT molecular complexity index is 263. The molecule has 4 heteroatoms. The summed E-state index contributed by atoms with van der Waals surface area (Å²) in [6, 6.07) is 0.132. The van der Waals surface area contributed by atoms with Crippen molar-refractivity contribution in [2.45, 2.75) is 39.2 Å². The second kappa shape index (κ2) is 4.64. The van der Waals surface area contributed by atoms with E-state index in [2.05, 4.69) is 0 Å². The number of carboxylic acids is 1. The van der Waals surface area contributed by atoms with E-state index < -0.39 is 11.9 Å². The minimum Gasteiger partial charge on any atom is -0.481 e. The van der Waals surface area contributed by atoms with E-state index in [0.29, 0.717) is 12.8 Å². The molecule has 4 nitrogen and oxygen atoms in total. The minimum absolute atomic E-state index is 0.0186. The lowest BCUT2D eigenvalue weighted by atomic mass is 9.94. The molecule has 86 valence electrons. The zero-order chi connectivity index (χ0) is 11.6. The van der Waals surface area contributed by atoms with Gasteiger partial charge in [-0.2, -0.15) is 0 Å². The van der Waals surface area contributed by atoms with E-state index in [-0.39, 0.29) is 17.9 Å². The zero-order valence-electron chi connectivity index (χ0n) is 9.56. The van der Waals surface area contributed by atoms with E-state index in [1.807, 2.05) is 13.8 Å². The normalized spacial score (nSPS) is 25.6. The molecule has 0 aromatic carbocycles. The molecule has 0 saturated heterocycles. The summed E-state index contributed by atoms with van der Waals surface area (Å²) in [4.78, 5) is 24.5. The van der Waals surface area contributed by atoms with Gasteiger partial charge in [0.15, 0.2) is 0 Å². The number of aliphatic carboxylic acids is 1. The van der Waals surface area contributed by atoms with Crippen molar-refractivity contribution in [3.05, 3.63) is 0 Å². The van der Waals surface area contributed by atoms with Crippen LogP contribution < -0.4 is 0 Å². The molecule has 2 atom stereocenters. The molecule has 0 aromatic heterocycles. The van der Waals surface area contributed by atoms with Gasteiger partial charge in [0, 0.05) is 13.1 Å². The lowest BCUT2D eigenvalue weighted by molar-refractivity contribution is -0.149. The van der Waals surface area contributed by atoms with Crippen LogP contribution in [0.1, 0.15) is 33.1 Å². The van der Waals surface area contributed by atoms with Crippen molar-refractivity contribution in [1.29, 1.82) is 0 Å². The van der Waals surface area contributed by atoms with Gasteiger partial charge in [-0.05, 0) is 26.7 Å². The standard InChI is InChI=1S/C11H19NO3/c1-7(2)12(3)10(13)8-5-4-6-9(8)11(14)15/h7-9H,4-6H2,1-3H3,(H,14,15). The Morgan fingerprint density at radius 3 is 2.27 bits per heavy atom. The van der Waals surface area contributed by atoms with Gasteiger partial charge in [-0.25, -0.2) is 0 Å². The molecule has 0 spiro atoms.